The van der Waals surface area contributed by atoms with Crippen molar-refractivity contribution in [3.8, 4) is 17.1 Å². The average Bonchev–Trinajstić information content (AvgIpc) is 3.16. The Hall–Kier alpha value is -3.22. The predicted octanol–water partition coefficient (Wildman–Crippen LogP) is 3.64. The van der Waals surface area contributed by atoms with Gasteiger partial charge in [0.25, 0.3) is 5.91 Å². The second-order valence-corrected chi connectivity index (χ2v) is 6.89. The van der Waals surface area contributed by atoms with E-state index in [2.05, 4.69) is 15.1 Å². The number of benzene rings is 1. The Morgan fingerprint density at radius 2 is 1.93 bits per heavy atom. The first-order valence-corrected chi connectivity index (χ1v) is 9.21. The molecule has 7 heteroatoms. The van der Waals surface area contributed by atoms with E-state index in [-0.39, 0.29) is 18.5 Å². The van der Waals surface area contributed by atoms with Crippen LogP contribution >= 0.6 is 0 Å². The van der Waals surface area contributed by atoms with Gasteiger partial charge in [-0.25, -0.2) is 0 Å². The highest BCUT2D eigenvalue weighted by Gasteiger charge is 2.26. The maximum atomic E-state index is 12.9. The second-order valence-electron chi connectivity index (χ2n) is 6.89. The summed E-state index contributed by atoms with van der Waals surface area (Å²) in [6, 6.07) is 11.2. The molecule has 0 radical (unpaired) electrons. The minimum atomic E-state index is -0.633. The lowest BCUT2D eigenvalue weighted by molar-refractivity contribution is -0.140. The largest absolute Gasteiger partial charge is 0.481 e. The molecule has 0 fully saturated rings. The van der Waals surface area contributed by atoms with Crippen LogP contribution in [0.3, 0.4) is 0 Å². The molecule has 1 aromatic carbocycles. The Balaban J connectivity index is 1.70. The third kappa shape index (κ3) is 4.73. The average molecular weight is 380 g/mol. The minimum Gasteiger partial charge on any atom is -0.481 e. The van der Waals surface area contributed by atoms with E-state index in [4.69, 9.17) is 9.26 Å². The highest BCUT2D eigenvalue weighted by molar-refractivity contribution is 5.81. The molecule has 0 aliphatic rings. The number of carbonyl (C=O) groups is 1. The fourth-order valence-electron chi connectivity index (χ4n) is 2.70. The maximum absolute atomic E-state index is 12.9. The summed E-state index contributed by atoms with van der Waals surface area (Å²) < 4.78 is 11.1. The highest BCUT2D eigenvalue weighted by atomic mass is 16.5. The van der Waals surface area contributed by atoms with Gasteiger partial charge in [0.1, 0.15) is 12.3 Å². The first-order valence-electron chi connectivity index (χ1n) is 9.21. The van der Waals surface area contributed by atoms with Gasteiger partial charge in [-0.3, -0.25) is 9.78 Å². The van der Waals surface area contributed by atoms with Crippen molar-refractivity contribution in [2.24, 2.45) is 0 Å². The zero-order valence-electron chi connectivity index (χ0n) is 16.5. The summed E-state index contributed by atoms with van der Waals surface area (Å²) in [6.07, 6.45) is 2.71. The number of nitrogens with zero attached hydrogens (tertiary/aromatic N) is 4. The molecule has 0 saturated carbocycles. The van der Waals surface area contributed by atoms with Crippen LogP contribution in [0.25, 0.3) is 11.4 Å². The number of aryl methyl sites for hydroxylation is 1. The number of rotatable bonds is 7. The molecule has 146 valence electrons. The van der Waals surface area contributed by atoms with Gasteiger partial charge < -0.3 is 14.2 Å². The lowest BCUT2D eigenvalue weighted by Gasteiger charge is -2.28. The Morgan fingerprint density at radius 3 is 2.57 bits per heavy atom. The number of aromatic nitrogens is 3. The van der Waals surface area contributed by atoms with Crippen LogP contribution in [-0.2, 0) is 11.3 Å². The molecule has 0 aliphatic heterocycles. The molecule has 1 atom stereocenters. The number of amides is 1. The van der Waals surface area contributed by atoms with Crippen LogP contribution in [0.2, 0.25) is 0 Å². The van der Waals surface area contributed by atoms with Crippen molar-refractivity contribution in [1.29, 1.82) is 0 Å². The summed E-state index contributed by atoms with van der Waals surface area (Å²) >= 11 is 0. The van der Waals surface area contributed by atoms with Crippen LogP contribution in [0.4, 0.5) is 0 Å². The standard InChI is InChI=1S/C21H24N4O3/c1-14(2)25(21(26)16(4)27-18-9-7-15(3)8-10-18)13-19-23-20(24-28-19)17-6-5-11-22-12-17/h5-12,14,16H,13H2,1-4H3. The van der Waals surface area contributed by atoms with Crippen molar-refractivity contribution >= 4 is 5.91 Å². The van der Waals surface area contributed by atoms with Crippen LogP contribution < -0.4 is 4.74 Å². The first-order chi connectivity index (χ1) is 13.4. The molecule has 1 amide bonds. The van der Waals surface area contributed by atoms with E-state index in [9.17, 15) is 4.79 Å². The summed E-state index contributed by atoms with van der Waals surface area (Å²) in [5.41, 5.74) is 1.90. The Bertz CT molecular complexity index is 907. The zero-order valence-corrected chi connectivity index (χ0v) is 16.5. The molecule has 2 aromatic heterocycles. The summed E-state index contributed by atoms with van der Waals surface area (Å²) in [5.74, 6) is 1.33. The highest BCUT2D eigenvalue weighted by Crippen LogP contribution is 2.18. The van der Waals surface area contributed by atoms with Gasteiger partial charge in [-0.1, -0.05) is 22.9 Å². The van der Waals surface area contributed by atoms with Crippen molar-refractivity contribution < 1.29 is 14.1 Å². The van der Waals surface area contributed by atoms with Crippen molar-refractivity contribution in [2.75, 3.05) is 0 Å². The van der Waals surface area contributed by atoms with Gasteiger partial charge in [-0.05, 0) is 52.0 Å². The molecule has 0 bridgehead atoms. The van der Waals surface area contributed by atoms with E-state index in [0.29, 0.717) is 17.5 Å². The molecule has 2 heterocycles. The molecule has 0 aliphatic carbocycles. The Morgan fingerprint density at radius 1 is 1.18 bits per heavy atom. The van der Waals surface area contributed by atoms with E-state index in [1.807, 2.05) is 51.1 Å². The third-order valence-electron chi connectivity index (χ3n) is 4.28. The first kappa shape index (κ1) is 19.5. The van der Waals surface area contributed by atoms with Crippen LogP contribution in [-0.4, -0.2) is 38.1 Å². The van der Waals surface area contributed by atoms with Crippen LogP contribution in [0.15, 0.2) is 53.3 Å². The normalized spacial score (nSPS) is 12.0. The van der Waals surface area contributed by atoms with Gasteiger partial charge in [0.05, 0.1) is 0 Å². The molecule has 28 heavy (non-hydrogen) atoms. The number of pyridine rings is 1. The van der Waals surface area contributed by atoms with Gasteiger partial charge in [-0.15, -0.1) is 0 Å². The van der Waals surface area contributed by atoms with E-state index in [0.717, 1.165) is 11.1 Å². The lowest BCUT2D eigenvalue weighted by Crippen LogP contribution is -2.43. The number of ether oxygens (including phenoxy) is 1. The summed E-state index contributed by atoms with van der Waals surface area (Å²) in [4.78, 5) is 23.0. The fourth-order valence-corrected chi connectivity index (χ4v) is 2.70. The number of hydrogen-bond acceptors (Lipinski definition) is 6. The summed E-state index contributed by atoms with van der Waals surface area (Å²) in [7, 11) is 0. The molecule has 3 aromatic rings. The van der Waals surface area contributed by atoms with Crippen molar-refractivity contribution in [2.45, 2.75) is 46.4 Å². The van der Waals surface area contributed by atoms with Crippen molar-refractivity contribution in [3.05, 3.63) is 60.2 Å². The minimum absolute atomic E-state index is 0.0506. The summed E-state index contributed by atoms with van der Waals surface area (Å²) in [6.45, 7) is 7.84. The van der Waals surface area contributed by atoms with Gasteiger partial charge in [0.2, 0.25) is 11.7 Å². The van der Waals surface area contributed by atoms with Gasteiger partial charge in [0, 0.05) is 24.0 Å². The Labute approximate surface area is 164 Å². The molecule has 0 N–H and O–H groups in total. The number of carbonyl (C=O) groups excluding carboxylic acids is 1. The van der Waals surface area contributed by atoms with Crippen LogP contribution in [0, 0.1) is 6.92 Å². The fraction of sp³-hybridized carbons (Fsp3) is 0.333. The number of hydrogen-bond donors (Lipinski definition) is 0. The van der Waals surface area contributed by atoms with Gasteiger partial charge >= 0.3 is 0 Å². The van der Waals surface area contributed by atoms with Gasteiger partial charge in [0.15, 0.2) is 6.10 Å². The lowest BCUT2D eigenvalue weighted by atomic mass is 10.2. The predicted molar refractivity (Wildman–Crippen MR) is 104 cm³/mol. The van der Waals surface area contributed by atoms with E-state index >= 15 is 0 Å². The maximum Gasteiger partial charge on any atom is 0.264 e. The third-order valence-corrected chi connectivity index (χ3v) is 4.28. The smallest absolute Gasteiger partial charge is 0.264 e. The second kappa shape index (κ2) is 8.65. The molecular formula is C21H24N4O3. The molecule has 0 saturated heterocycles. The molecule has 0 spiro atoms. The van der Waals surface area contributed by atoms with E-state index < -0.39 is 6.10 Å². The van der Waals surface area contributed by atoms with E-state index in [1.54, 1.807) is 30.3 Å². The quantitative estimate of drug-likeness (QED) is 0.622. The zero-order chi connectivity index (χ0) is 20.1. The Kier molecular flexibility index (Phi) is 6.03. The molecule has 3 rings (SSSR count). The molecule has 7 nitrogen and oxygen atoms in total. The molecule has 1 unspecified atom stereocenters. The van der Waals surface area contributed by atoms with Crippen LogP contribution in [0.1, 0.15) is 32.2 Å². The van der Waals surface area contributed by atoms with E-state index in [1.165, 1.54) is 0 Å². The summed E-state index contributed by atoms with van der Waals surface area (Å²) in [5, 5.41) is 3.98. The van der Waals surface area contributed by atoms with Gasteiger partial charge in [-0.2, -0.15) is 4.98 Å². The topological polar surface area (TPSA) is 81.4 Å². The SMILES string of the molecule is Cc1ccc(OC(C)C(=O)N(Cc2nc(-c3cccnc3)no2)C(C)C)cc1. The van der Waals surface area contributed by atoms with Crippen molar-refractivity contribution in [3.63, 3.8) is 0 Å². The van der Waals surface area contributed by atoms with Crippen molar-refractivity contribution in [1.82, 2.24) is 20.0 Å². The van der Waals surface area contributed by atoms with Crippen LogP contribution in [0.5, 0.6) is 5.75 Å². The molecular weight excluding hydrogens is 356 g/mol. The monoisotopic (exact) mass is 380 g/mol.